The van der Waals surface area contributed by atoms with Gasteiger partial charge >= 0.3 is 0 Å². The summed E-state index contributed by atoms with van der Waals surface area (Å²) in [5.41, 5.74) is 2.31. The molecule has 2 aliphatic heterocycles. The Kier molecular flexibility index (Phi) is 5.74. The fourth-order valence-corrected chi connectivity index (χ4v) is 4.10. The normalized spacial score (nSPS) is 14.5. The van der Waals surface area contributed by atoms with Crippen LogP contribution in [0.2, 0.25) is 0 Å². The van der Waals surface area contributed by atoms with Crippen LogP contribution in [0.25, 0.3) is 0 Å². The number of imide groups is 1. The van der Waals surface area contributed by atoms with Crippen LogP contribution in [0.3, 0.4) is 0 Å². The van der Waals surface area contributed by atoms with Gasteiger partial charge in [0.2, 0.25) is 5.91 Å². The number of carbonyl (C=O) groups excluding carboxylic acids is 4. The van der Waals surface area contributed by atoms with Crippen LogP contribution in [0.4, 0.5) is 15.8 Å². The first-order valence-electron chi connectivity index (χ1n) is 11.0. The van der Waals surface area contributed by atoms with Crippen molar-refractivity contribution in [1.29, 1.82) is 0 Å². The van der Waals surface area contributed by atoms with E-state index in [0.29, 0.717) is 28.3 Å². The summed E-state index contributed by atoms with van der Waals surface area (Å²) in [6.45, 7) is 0.0359. The monoisotopic (exact) mass is 473 g/mol. The predicted octanol–water partition coefficient (Wildman–Crippen LogP) is 3.38. The second-order valence-electron chi connectivity index (χ2n) is 8.18. The molecule has 0 radical (unpaired) electrons. The van der Waals surface area contributed by atoms with Crippen molar-refractivity contribution in [1.82, 2.24) is 4.90 Å². The van der Waals surface area contributed by atoms with E-state index < -0.39 is 17.7 Å². The van der Waals surface area contributed by atoms with Crippen molar-refractivity contribution in [2.45, 2.75) is 13.0 Å². The minimum atomic E-state index is -0.417. The number of carbonyl (C=O) groups is 4. The number of rotatable bonds is 6. The summed E-state index contributed by atoms with van der Waals surface area (Å²) in [6.07, 6.45) is -0.0860. The molecule has 0 saturated carbocycles. The van der Waals surface area contributed by atoms with E-state index in [1.165, 1.54) is 17.0 Å². The van der Waals surface area contributed by atoms with Gasteiger partial charge in [-0.05, 0) is 48.0 Å². The largest absolute Gasteiger partial charge is 0.482 e. The van der Waals surface area contributed by atoms with E-state index in [1.54, 1.807) is 54.6 Å². The maximum Gasteiger partial charge on any atom is 0.265 e. The smallest absolute Gasteiger partial charge is 0.265 e. The van der Waals surface area contributed by atoms with E-state index in [-0.39, 0.29) is 37.8 Å². The van der Waals surface area contributed by atoms with Crippen molar-refractivity contribution >= 4 is 35.0 Å². The molecule has 5 rings (SSSR count). The number of halogens is 1. The molecule has 0 aliphatic carbocycles. The molecule has 1 N–H and O–H groups in total. The third-order valence-corrected chi connectivity index (χ3v) is 5.88. The number of benzene rings is 3. The Morgan fingerprint density at radius 3 is 2.29 bits per heavy atom. The van der Waals surface area contributed by atoms with Crippen molar-refractivity contribution in [2.75, 3.05) is 23.4 Å². The maximum atomic E-state index is 13.2. The van der Waals surface area contributed by atoms with Gasteiger partial charge in [-0.3, -0.25) is 24.1 Å². The lowest BCUT2D eigenvalue weighted by atomic mass is 10.1. The second-order valence-corrected chi connectivity index (χ2v) is 8.18. The van der Waals surface area contributed by atoms with Gasteiger partial charge in [0.15, 0.2) is 6.61 Å². The van der Waals surface area contributed by atoms with Crippen molar-refractivity contribution < 1.29 is 28.3 Å². The highest BCUT2D eigenvalue weighted by Crippen LogP contribution is 2.35. The van der Waals surface area contributed by atoms with Gasteiger partial charge in [-0.2, -0.15) is 0 Å². The highest BCUT2D eigenvalue weighted by Gasteiger charge is 2.35. The number of nitrogens with one attached hydrogen (secondary N) is 1. The van der Waals surface area contributed by atoms with Crippen molar-refractivity contribution in [3.8, 4) is 5.75 Å². The zero-order chi connectivity index (χ0) is 24.5. The van der Waals surface area contributed by atoms with Crippen LogP contribution >= 0.6 is 0 Å². The van der Waals surface area contributed by atoms with Crippen LogP contribution in [0.1, 0.15) is 32.7 Å². The molecule has 3 aromatic carbocycles. The van der Waals surface area contributed by atoms with E-state index in [2.05, 4.69) is 5.32 Å². The number of hydrogen-bond acceptors (Lipinski definition) is 5. The average Bonchev–Trinajstić information content (AvgIpc) is 3.10. The van der Waals surface area contributed by atoms with Crippen LogP contribution in [0.15, 0.2) is 66.7 Å². The first-order chi connectivity index (χ1) is 16.9. The predicted molar refractivity (Wildman–Crippen MR) is 125 cm³/mol. The quantitative estimate of drug-likeness (QED) is 0.554. The molecule has 3 aromatic rings. The molecule has 9 heteroatoms. The van der Waals surface area contributed by atoms with Crippen LogP contribution in [0.5, 0.6) is 5.75 Å². The third kappa shape index (κ3) is 4.35. The molecule has 0 atom stereocenters. The molecule has 0 bridgehead atoms. The molecule has 0 aromatic heterocycles. The van der Waals surface area contributed by atoms with E-state index in [1.807, 2.05) is 0 Å². The zero-order valence-corrected chi connectivity index (χ0v) is 18.5. The lowest BCUT2D eigenvalue weighted by Gasteiger charge is -2.30. The Morgan fingerprint density at radius 2 is 1.60 bits per heavy atom. The van der Waals surface area contributed by atoms with Crippen LogP contribution in [-0.2, 0) is 16.1 Å². The summed E-state index contributed by atoms with van der Waals surface area (Å²) < 4.78 is 18.8. The Hall–Kier alpha value is -4.53. The highest BCUT2D eigenvalue weighted by atomic mass is 19.1. The van der Waals surface area contributed by atoms with Crippen LogP contribution in [-0.4, -0.2) is 41.7 Å². The molecule has 2 aliphatic rings. The molecule has 0 spiro atoms. The average molecular weight is 473 g/mol. The maximum absolute atomic E-state index is 13.2. The number of fused-ring (bicyclic) bond motifs is 2. The lowest BCUT2D eigenvalue weighted by molar-refractivity contribution is -0.121. The van der Waals surface area contributed by atoms with Gasteiger partial charge < -0.3 is 15.0 Å². The van der Waals surface area contributed by atoms with Gasteiger partial charge in [-0.1, -0.05) is 24.3 Å². The number of anilines is 2. The minimum absolute atomic E-state index is 0.0542. The third-order valence-electron chi connectivity index (χ3n) is 5.88. The van der Waals surface area contributed by atoms with Gasteiger partial charge in [-0.25, -0.2) is 4.39 Å². The summed E-state index contributed by atoms with van der Waals surface area (Å²) in [7, 11) is 0. The van der Waals surface area contributed by atoms with Gasteiger partial charge in [0.1, 0.15) is 11.6 Å². The molecule has 2 heterocycles. The first-order valence-corrected chi connectivity index (χ1v) is 11.0. The number of hydrogen-bond donors (Lipinski definition) is 1. The van der Waals surface area contributed by atoms with E-state index in [9.17, 15) is 23.6 Å². The molecule has 0 saturated heterocycles. The van der Waals surface area contributed by atoms with Gasteiger partial charge in [0, 0.05) is 18.7 Å². The molecular weight excluding hydrogens is 453 g/mol. The Labute approximate surface area is 199 Å². The number of nitrogens with zero attached hydrogens (tertiary/aromatic N) is 2. The first kappa shape index (κ1) is 22.3. The summed E-state index contributed by atoms with van der Waals surface area (Å²) in [5, 5.41) is 2.74. The standard InChI is InChI=1S/C26H20FN3O5/c27-17-7-5-16(6-8-17)14-30-21-13-18(9-10-22(21)35-15-24(30)32)28-23(31)11-12-29-25(33)19-3-1-2-4-20(19)26(29)34/h1-10,13H,11-12,14-15H2,(H,28,31). The highest BCUT2D eigenvalue weighted by molar-refractivity contribution is 6.21. The summed E-state index contributed by atoms with van der Waals surface area (Å²) in [5.74, 6) is -1.38. The van der Waals surface area contributed by atoms with Crippen LogP contribution < -0.4 is 15.0 Å². The second kappa shape index (κ2) is 9.02. The molecule has 4 amide bonds. The SMILES string of the molecule is O=C(CCN1C(=O)c2ccccc2C1=O)Nc1ccc2c(c1)N(Cc1ccc(F)cc1)C(=O)CO2. The van der Waals surface area contributed by atoms with E-state index in [0.717, 1.165) is 10.5 Å². The molecule has 0 unspecified atom stereocenters. The van der Waals surface area contributed by atoms with Crippen molar-refractivity contribution in [2.24, 2.45) is 0 Å². The Morgan fingerprint density at radius 1 is 0.914 bits per heavy atom. The molecular formula is C26H20FN3O5. The fraction of sp³-hybridized carbons (Fsp3) is 0.154. The Balaban J connectivity index is 1.27. The molecule has 8 nitrogen and oxygen atoms in total. The lowest BCUT2D eigenvalue weighted by Crippen LogP contribution is -2.38. The number of amides is 4. The topological polar surface area (TPSA) is 96.0 Å². The van der Waals surface area contributed by atoms with Gasteiger partial charge in [-0.15, -0.1) is 0 Å². The van der Waals surface area contributed by atoms with E-state index in [4.69, 9.17) is 4.74 Å². The summed E-state index contributed by atoms with van der Waals surface area (Å²) >= 11 is 0. The molecule has 35 heavy (non-hydrogen) atoms. The van der Waals surface area contributed by atoms with Gasteiger partial charge in [0.25, 0.3) is 17.7 Å². The zero-order valence-electron chi connectivity index (χ0n) is 18.5. The fourth-order valence-electron chi connectivity index (χ4n) is 4.10. The minimum Gasteiger partial charge on any atom is -0.482 e. The van der Waals surface area contributed by atoms with E-state index >= 15 is 0 Å². The van der Waals surface area contributed by atoms with Crippen LogP contribution in [0, 0.1) is 5.82 Å². The Bertz CT molecular complexity index is 1320. The van der Waals surface area contributed by atoms with Crippen molar-refractivity contribution in [3.05, 3.63) is 89.2 Å². The number of ether oxygens (including phenoxy) is 1. The molecule has 0 fully saturated rings. The van der Waals surface area contributed by atoms with Gasteiger partial charge in [0.05, 0.1) is 23.4 Å². The summed E-state index contributed by atoms with van der Waals surface area (Å²) in [6, 6.07) is 17.3. The molecule has 176 valence electrons. The van der Waals surface area contributed by atoms with Crippen molar-refractivity contribution in [3.63, 3.8) is 0 Å². The summed E-state index contributed by atoms with van der Waals surface area (Å²) in [4.78, 5) is 52.6.